The van der Waals surface area contributed by atoms with E-state index in [-0.39, 0.29) is 12.7 Å². The normalized spacial score (nSPS) is 16.0. The minimum atomic E-state index is 0.0661. The van der Waals surface area contributed by atoms with E-state index in [0.29, 0.717) is 12.6 Å². The highest BCUT2D eigenvalue weighted by Gasteiger charge is 2.31. The van der Waals surface area contributed by atoms with Crippen molar-refractivity contribution in [2.45, 2.75) is 25.4 Å². The summed E-state index contributed by atoms with van der Waals surface area (Å²) in [6, 6.07) is 8.17. The molecule has 2 aromatic rings. The summed E-state index contributed by atoms with van der Waals surface area (Å²) in [5, 5.41) is 4.15. The molecule has 0 saturated heterocycles. The van der Waals surface area contributed by atoms with Crippen molar-refractivity contribution in [2.75, 3.05) is 6.79 Å². The van der Waals surface area contributed by atoms with Crippen molar-refractivity contribution >= 4 is 23.3 Å². The molecule has 0 unspecified atom stereocenters. The van der Waals surface area contributed by atoms with Crippen molar-refractivity contribution in [2.24, 2.45) is 0 Å². The fraction of sp³-hybridized carbons (Fsp3) is 0.278. The number of nitrogens with zero attached hydrogens (tertiary/aromatic N) is 1. The Morgan fingerprint density at radius 2 is 2.13 bits per heavy atom. The molecule has 0 spiro atoms. The topological polar surface area (TPSA) is 38.8 Å². The second-order valence-electron chi connectivity index (χ2n) is 5.77. The van der Waals surface area contributed by atoms with Gasteiger partial charge in [-0.05, 0) is 59.0 Å². The zero-order chi connectivity index (χ0) is 15.6. The van der Waals surface area contributed by atoms with Gasteiger partial charge in [-0.3, -0.25) is 4.79 Å². The number of thiophene rings is 1. The highest BCUT2D eigenvalue weighted by Crippen LogP contribution is 2.33. The van der Waals surface area contributed by atoms with Crippen molar-refractivity contribution in [3.8, 4) is 11.5 Å². The molecule has 4 rings (SSSR count). The third-order valence-corrected chi connectivity index (χ3v) is 4.75. The smallest absolute Gasteiger partial charge is 0.247 e. The third-order valence-electron chi connectivity index (χ3n) is 4.02. The van der Waals surface area contributed by atoms with Crippen LogP contribution < -0.4 is 9.47 Å². The van der Waals surface area contributed by atoms with Crippen LogP contribution in [0.4, 0.5) is 0 Å². The summed E-state index contributed by atoms with van der Waals surface area (Å²) in [6.07, 6.45) is 5.71. The molecule has 4 nitrogen and oxygen atoms in total. The lowest BCUT2D eigenvalue weighted by Gasteiger charge is -2.20. The molecule has 0 radical (unpaired) electrons. The summed E-state index contributed by atoms with van der Waals surface area (Å²) in [4.78, 5) is 14.5. The zero-order valence-electron chi connectivity index (χ0n) is 12.6. The van der Waals surface area contributed by atoms with Crippen LogP contribution in [0.1, 0.15) is 24.0 Å². The molecule has 0 atom stereocenters. The predicted octanol–water partition coefficient (Wildman–Crippen LogP) is 3.68. The van der Waals surface area contributed by atoms with Gasteiger partial charge in [-0.2, -0.15) is 11.3 Å². The average molecular weight is 327 g/mol. The first kappa shape index (κ1) is 14.3. The summed E-state index contributed by atoms with van der Waals surface area (Å²) in [6.45, 7) is 0.954. The Kier molecular flexibility index (Phi) is 3.79. The van der Waals surface area contributed by atoms with Crippen molar-refractivity contribution < 1.29 is 14.3 Å². The molecule has 1 saturated carbocycles. The summed E-state index contributed by atoms with van der Waals surface area (Å²) >= 11 is 1.67. The first-order chi connectivity index (χ1) is 11.3. The predicted molar refractivity (Wildman–Crippen MR) is 89.5 cm³/mol. The average Bonchev–Trinajstić information content (AvgIpc) is 3.08. The lowest BCUT2D eigenvalue weighted by atomic mass is 10.2. The van der Waals surface area contributed by atoms with E-state index in [9.17, 15) is 4.79 Å². The molecule has 2 heterocycles. The van der Waals surface area contributed by atoms with Crippen LogP contribution in [0.3, 0.4) is 0 Å². The standard InChI is InChI=1S/C18H17NO3S/c20-18(19(15-3-4-15)10-14-7-8-23-11-14)6-2-13-1-5-16-17(9-13)22-12-21-16/h1-2,5-9,11,15H,3-4,10,12H2/b6-2+. The first-order valence-electron chi connectivity index (χ1n) is 7.69. The maximum Gasteiger partial charge on any atom is 0.247 e. The Hall–Kier alpha value is -2.27. The molecule has 1 fully saturated rings. The maximum absolute atomic E-state index is 12.5. The summed E-state index contributed by atoms with van der Waals surface area (Å²) in [5.74, 6) is 1.55. The largest absolute Gasteiger partial charge is 0.454 e. The number of amides is 1. The van der Waals surface area contributed by atoms with Gasteiger partial charge in [0, 0.05) is 18.7 Å². The van der Waals surface area contributed by atoms with E-state index >= 15 is 0 Å². The van der Waals surface area contributed by atoms with Crippen molar-refractivity contribution in [1.82, 2.24) is 4.90 Å². The van der Waals surface area contributed by atoms with E-state index in [1.54, 1.807) is 17.4 Å². The van der Waals surface area contributed by atoms with Crippen molar-refractivity contribution in [1.29, 1.82) is 0 Å². The first-order valence-corrected chi connectivity index (χ1v) is 8.63. The van der Waals surface area contributed by atoms with Crippen LogP contribution in [0.2, 0.25) is 0 Å². The molecule has 1 amide bonds. The van der Waals surface area contributed by atoms with Crippen LogP contribution in [0, 0.1) is 0 Å². The van der Waals surface area contributed by atoms with Gasteiger partial charge in [-0.1, -0.05) is 6.07 Å². The second-order valence-corrected chi connectivity index (χ2v) is 6.55. The number of fused-ring (bicyclic) bond motifs is 1. The summed E-state index contributed by atoms with van der Waals surface area (Å²) in [7, 11) is 0. The van der Waals surface area contributed by atoms with Gasteiger partial charge < -0.3 is 14.4 Å². The van der Waals surface area contributed by atoms with Crippen LogP contribution in [0.25, 0.3) is 6.08 Å². The third kappa shape index (κ3) is 3.24. The minimum absolute atomic E-state index is 0.0661. The zero-order valence-corrected chi connectivity index (χ0v) is 13.4. The molecule has 2 aliphatic rings. The van der Waals surface area contributed by atoms with Gasteiger partial charge in [0.1, 0.15) is 0 Å². The highest BCUT2D eigenvalue weighted by atomic mass is 32.1. The Morgan fingerprint density at radius 1 is 1.26 bits per heavy atom. The van der Waals surface area contributed by atoms with Gasteiger partial charge >= 0.3 is 0 Å². The van der Waals surface area contributed by atoms with E-state index in [0.717, 1.165) is 29.9 Å². The molecule has 5 heteroatoms. The summed E-state index contributed by atoms with van der Waals surface area (Å²) in [5.41, 5.74) is 2.14. The SMILES string of the molecule is O=C(/C=C/c1ccc2c(c1)OCO2)N(Cc1ccsc1)C1CC1. The molecule has 1 aliphatic carbocycles. The molecule has 0 bridgehead atoms. The molecule has 1 aromatic carbocycles. The number of rotatable bonds is 5. The van der Waals surface area contributed by atoms with Gasteiger partial charge in [-0.15, -0.1) is 0 Å². The summed E-state index contributed by atoms with van der Waals surface area (Å²) < 4.78 is 10.7. The van der Waals surface area contributed by atoms with E-state index < -0.39 is 0 Å². The number of ether oxygens (including phenoxy) is 2. The van der Waals surface area contributed by atoms with Crippen LogP contribution in [0.5, 0.6) is 11.5 Å². The quantitative estimate of drug-likeness (QED) is 0.786. The van der Waals surface area contributed by atoms with Gasteiger partial charge in [0.25, 0.3) is 0 Å². The monoisotopic (exact) mass is 327 g/mol. The minimum Gasteiger partial charge on any atom is -0.454 e. The Labute approximate surface area is 138 Å². The number of carbonyl (C=O) groups excluding carboxylic acids is 1. The van der Waals surface area contributed by atoms with Gasteiger partial charge in [0.05, 0.1) is 0 Å². The van der Waals surface area contributed by atoms with Crippen LogP contribution in [0.15, 0.2) is 41.1 Å². The Morgan fingerprint density at radius 3 is 2.91 bits per heavy atom. The van der Waals surface area contributed by atoms with Gasteiger partial charge in [0.2, 0.25) is 12.7 Å². The number of carbonyl (C=O) groups is 1. The van der Waals surface area contributed by atoms with Crippen LogP contribution in [-0.2, 0) is 11.3 Å². The number of hydrogen-bond acceptors (Lipinski definition) is 4. The molecule has 1 aromatic heterocycles. The lowest BCUT2D eigenvalue weighted by molar-refractivity contribution is -0.127. The van der Waals surface area contributed by atoms with E-state index in [2.05, 4.69) is 11.4 Å². The van der Waals surface area contributed by atoms with Crippen molar-refractivity contribution in [3.63, 3.8) is 0 Å². The molecule has 23 heavy (non-hydrogen) atoms. The Balaban J connectivity index is 1.46. The van der Waals surface area contributed by atoms with Crippen molar-refractivity contribution in [3.05, 3.63) is 52.2 Å². The fourth-order valence-corrected chi connectivity index (χ4v) is 3.29. The lowest BCUT2D eigenvalue weighted by Crippen LogP contribution is -2.30. The molecule has 118 valence electrons. The van der Waals surface area contributed by atoms with Crippen LogP contribution in [-0.4, -0.2) is 23.6 Å². The molecular formula is C18H17NO3S. The second kappa shape index (κ2) is 6.08. The molecular weight excluding hydrogens is 310 g/mol. The highest BCUT2D eigenvalue weighted by molar-refractivity contribution is 7.07. The molecule has 0 N–H and O–H groups in total. The fourth-order valence-electron chi connectivity index (χ4n) is 2.63. The van der Waals surface area contributed by atoms with Gasteiger partial charge in [-0.25, -0.2) is 0 Å². The number of hydrogen-bond donors (Lipinski definition) is 0. The molecule has 1 aliphatic heterocycles. The van der Waals surface area contributed by atoms with Gasteiger partial charge in [0.15, 0.2) is 11.5 Å². The Bertz CT molecular complexity index is 735. The van der Waals surface area contributed by atoms with Crippen LogP contribution >= 0.6 is 11.3 Å². The van der Waals surface area contributed by atoms with E-state index in [1.165, 1.54) is 5.56 Å². The number of benzene rings is 1. The maximum atomic E-state index is 12.5. The van der Waals surface area contributed by atoms with E-state index in [4.69, 9.17) is 9.47 Å². The van der Waals surface area contributed by atoms with E-state index in [1.807, 2.05) is 34.6 Å².